The summed E-state index contributed by atoms with van der Waals surface area (Å²) in [5, 5.41) is 3.03. The fourth-order valence-electron chi connectivity index (χ4n) is 1.76. The number of alkyl halides is 3. The second kappa shape index (κ2) is 4.98. The number of rotatable bonds is 2. The van der Waals surface area contributed by atoms with E-state index >= 15 is 0 Å². The van der Waals surface area contributed by atoms with Crippen LogP contribution in [0.1, 0.15) is 12.0 Å². The second-order valence-electron chi connectivity index (χ2n) is 3.87. The molecule has 1 heterocycles. The van der Waals surface area contributed by atoms with Crippen LogP contribution in [0.4, 0.5) is 18.9 Å². The number of anilines is 1. The van der Waals surface area contributed by atoms with Gasteiger partial charge in [0.05, 0.1) is 16.3 Å². The zero-order valence-corrected chi connectivity index (χ0v) is 10.4. The maximum Gasteiger partial charge on any atom is 0.418 e. The molecule has 1 saturated heterocycles. The van der Waals surface area contributed by atoms with Gasteiger partial charge in [-0.3, -0.25) is 0 Å². The number of para-hydroxylation sites is 1. The Morgan fingerprint density at radius 3 is 2.71 bits per heavy atom. The Bertz CT molecular complexity index is 402. The van der Waals surface area contributed by atoms with Gasteiger partial charge >= 0.3 is 6.18 Å². The van der Waals surface area contributed by atoms with Crippen LogP contribution >= 0.6 is 23.4 Å². The van der Waals surface area contributed by atoms with E-state index in [0.29, 0.717) is 0 Å². The molecular weight excluding hydrogens is 271 g/mol. The molecule has 0 bridgehead atoms. The van der Waals surface area contributed by atoms with Gasteiger partial charge in [-0.25, -0.2) is 0 Å². The van der Waals surface area contributed by atoms with Crippen LogP contribution in [-0.4, -0.2) is 17.5 Å². The van der Waals surface area contributed by atoms with Crippen molar-refractivity contribution >= 4 is 29.1 Å². The van der Waals surface area contributed by atoms with Crippen molar-refractivity contribution < 1.29 is 13.2 Å². The average molecular weight is 282 g/mol. The monoisotopic (exact) mass is 281 g/mol. The van der Waals surface area contributed by atoms with Crippen molar-refractivity contribution in [1.82, 2.24) is 0 Å². The smallest absolute Gasteiger partial charge is 0.380 e. The number of hydrogen-bond acceptors (Lipinski definition) is 2. The fraction of sp³-hybridized carbons (Fsp3) is 0.455. The van der Waals surface area contributed by atoms with Crippen LogP contribution in [0.3, 0.4) is 0 Å². The SMILES string of the molecule is FC(F)(F)c1cccc(Cl)c1NC1CCSC1. The van der Waals surface area contributed by atoms with Gasteiger partial charge in [0.1, 0.15) is 0 Å². The standard InChI is InChI=1S/C11H11ClF3NS/c12-9-3-1-2-8(11(13,14)15)10(9)16-7-4-5-17-6-7/h1-3,7,16H,4-6H2. The topological polar surface area (TPSA) is 12.0 Å². The lowest BCUT2D eigenvalue weighted by Gasteiger charge is -2.19. The van der Waals surface area contributed by atoms with E-state index in [9.17, 15) is 13.2 Å². The van der Waals surface area contributed by atoms with Crippen LogP contribution in [0.5, 0.6) is 0 Å². The maximum absolute atomic E-state index is 12.8. The van der Waals surface area contributed by atoms with E-state index in [4.69, 9.17) is 11.6 Å². The van der Waals surface area contributed by atoms with E-state index in [-0.39, 0.29) is 16.8 Å². The molecule has 0 saturated carbocycles. The third-order valence-electron chi connectivity index (χ3n) is 2.60. The molecule has 0 amide bonds. The van der Waals surface area contributed by atoms with Crippen molar-refractivity contribution in [3.05, 3.63) is 28.8 Å². The van der Waals surface area contributed by atoms with E-state index in [1.807, 2.05) is 0 Å². The van der Waals surface area contributed by atoms with E-state index in [1.54, 1.807) is 11.8 Å². The van der Waals surface area contributed by atoms with Crippen LogP contribution < -0.4 is 5.32 Å². The van der Waals surface area contributed by atoms with E-state index in [1.165, 1.54) is 12.1 Å². The van der Waals surface area contributed by atoms with E-state index < -0.39 is 11.7 Å². The summed E-state index contributed by atoms with van der Waals surface area (Å²) in [5.41, 5.74) is -0.684. The molecule has 1 aliphatic rings. The molecule has 0 aliphatic carbocycles. The minimum atomic E-state index is -4.38. The second-order valence-corrected chi connectivity index (χ2v) is 5.42. The number of nitrogens with one attached hydrogen (secondary N) is 1. The molecule has 6 heteroatoms. The van der Waals surface area contributed by atoms with Gasteiger partial charge in [-0.2, -0.15) is 24.9 Å². The number of thioether (sulfide) groups is 1. The Kier molecular flexibility index (Phi) is 3.78. The van der Waals surface area contributed by atoms with Crippen LogP contribution in [0.2, 0.25) is 5.02 Å². The minimum Gasteiger partial charge on any atom is -0.380 e. The van der Waals surface area contributed by atoms with Gasteiger partial charge in [-0.1, -0.05) is 17.7 Å². The number of halogens is 4. The predicted molar refractivity (Wildman–Crippen MR) is 65.8 cm³/mol. The quantitative estimate of drug-likeness (QED) is 0.868. The Morgan fingerprint density at radius 2 is 2.12 bits per heavy atom. The molecule has 0 spiro atoms. The van der Waals surface area contributed by atoms with Crippen LogP contribution in [0.25, 0.3) is 0 Å². The fourth-order valence-corrected chi connectivity index (χ4v) is 3.14. The third kappa shape index (κ3) is 3.01. The van der Waals surface area contributed by atoms with Crippen molar-refractivity contribution in [2.75, 3.05) is 16.8 Å². The van der Waals surface area contributed by atoms with Crippen molar-refractivity contribution in [3.8, 4) is 0 Å². The van der Waals surface area contributed by atoms with Gasteiger partial charge in [-0.15, -0.1) is 0 Å². The van der Waals surface area contributed by atoms with Gasteiger partial charge in [0, 0.05) is 11.8 Å². The molecule has 0 radical (unpaired) electrons. The Hall–Kier alpha value is -0.550. The zero-order valence-electron chi connectivity index (χ0n) is 8.85. The molecule has 1 atom stereocenters. The summed E-state index contributed by atoms with van der Waals surface area (Å²) in [7, 11) is 0. The van der Waals surface area contributed by atoms with Crippen LogP contribution in [0.15, 0.2) is 18.2 Å². The minimum absolute atomic E-state index is 0.00849. The molecular formula is C11H11ClF3NS. The first-order chi connectivity index (χ1) is 7.98. The summed E-state index contributed by atoms with van der Waals surface area (Å²) in [6.07, 6.45) is -3.51. The highest BCUT2D eigenvalue weighted by atomic mass is 35.5. The van der Waals surface area contributed by atoms with E-state index in [2.05, 4.69) is 5.32 Å². The lowest BCUT2D eigenvalue weighted by atomic mass is 10.1. The Labute approximate surface area is 107 Å². The summed E-state index contributed by atoms with van der Waals surface area (Å²) < 4.78 is 38.4. The Morgan fingerprint density at radius 1 is 1.35 bits per heavy atom. The highest BCUT2D eigenvalue weighted by molar-refractivity contribution is 7.99. The summed E-state index contributed by atoms with van der Waals surface area (Å²) in [6, 6.07) is 3.91. The molecule has 2 rings (SSSR count). The normalized spacial score (nSPS) is 20.6. The molecule has 94 valence electrons. The predicted octanol–water partition coefficient (Wildman–Crippen LogP) is 4.28. The van der Waals surface area contributed by atoms with Crippen LogP contribution in [-0.2, 0) is 6.18 Å². The molecule has 0 aromatic heterocycles. The lowest BCUT2D eigenvalue weighted by molar-refractivity contribution is -0.137. The third-order valence-corrected chi connectivity index (χ3v) is 4.07. The van der Waals surface area contributed by atoms with Crippen molar-refractivity contribution in [2.24, 2.45) is 0 Å². The number of hydrogen-bond donors (Lipinski definition) is 1. The van der Waals surface area contributed by atoms with E-state index in [0.717, 1.165) is 24.0 Å². The summed E-state index contributed by atoms with van der Waals surface area (Å²) in [4.78, 5) is 0. The van der Waals surface area contributed by atoms with Crippen molar-refractivity contribution in [2.45, 2.75) is 18.6 Å². The molecule has 1 fully saturated rings. The molecule has 1 aromatic rings. The van der Waals surface area contributed by atoms with Gasteiger partial charge < -0.3 is 5.32 Å². The first-order valence-corrected chi connectivity index (χ1v) is 6.72. The van der Waals surface area contributed by atoms with Crippen molar-refractivity contribution in [1.29, 1.82) is 0 Å². The summed E-state index contributed by atoms with van der Waals surface area (Å²) in [6.45, 7) is 0. The van der Waals surface area contributed by atoms with Gasteiger partial charge in [0.15, 0.2) is 0 Å². The average Bonchev–Trinajstić information content (AvgIpc) is 2.72. The number of benzene rings is 1. The largest absolute Gasteiger partial charge is 0.418 e. The first kappa shape index (κ1) is 12.9. The molecule has 1 aromatic carbocycles. The molecule has 1 nitrogen and oxygen atoms in total. The summed E-state index contributed by atoms with van der Waals surface area (Å²) >= 11 is 7.58. The molecule has 1 N–H and O–H groups in total. The van der Waals surface area contributed by atoms with Gasteiger partial charge in [0.25, 0.3) is 0 Å². The molecule has 1 unspecified atom stereocenters. The zero-order chi connectivity index (χ0) is 12.5. The first-order valence-electron chi connectivity index (χ1n) is 5.18. The maximum atomic E-state index is 12.8. The highest BCUT2D eigenvalue weighted by Gasteiger charge is 2.35. The molecule has 17 heavy (non-hydrogen) atoms. The lowest BCUT2D eigenvalue weighted by Crippen LogP contribution is -2.21. The highest BCUT2D eigenvalue weighted by Crippen LogP contribution is 2.39. The summed E-state index contributed by atoms with van der Waals surface area (Å²) in [5.74, 6) is 1.80. The van der Waals surface area contributed by atoms with Crippen LogP contribution in [0, 0.1) is 0 Å². The van der Waals surface area contributed by atoms with Gasteiger partial charge in [-0.05, 0) is 24.3 Å². The Balaban J connectivity index is 2.30. The molecule has 1 aliphatic heterocycles. The van der Waals surface area contributed by atoms with Crippen molar-refractivity contribution in [3.63, 3.8) is 0 Å². The van der Waals surface area contributed by atoms with Gasteiger partial charge in [0.2, 0.25) is 0 Å².